The molecule has 27 heavy (non-hydrogen) atoms. The highest BCUT2D eigenvalue weighted by molar-refractivity contribution is 6.09. The van der Waals surface area contributed by atoms with Gasteiger partial charge in [0, 0.05) is 36.7 Å². The molecule has 0 saturated heterocycles. The minimum atomic E-state index is -0.242. The first kappa shape index (κ1) is 20.3. The number of nitrogens with zero attached hydrogens (tertiary/aromatic N) is 3. The van der Waals surface area contributed by atoms with E-state index in [0.717, 1.165) is 23.2 Å². The Hall–Kier alpha value is -2.99. The highest BCUT2D eigenvalue weighted by atomic mass is 16.2. The van der Waals surface area contributed by atoms with Crippen LogP contribution in [0.4, 0.5) is 5.69 Å². The van der Waals surface area contributed by atoms with E-state index in [0.29, 0.717) is 11.4 Å². The molecule has 0 aliphatic carbocycles. The van der Waals surface area contributed by atoms with Crippen LogP contribution in [-0.2, 0) is 0 Å². The molecule has 0 aliphatic rings. The second-order valence-electron chi connectivity index (χ2n) is 6.21. The number of nitrogens with two attached hydrogens (primary N) is 2. The Bertz CT molecular complexity index is 829. The van der Waals surface area contributed by atoms with Gasteiger partial charge in [-0.15, -0.1) is 0 Å². The molecule has 1 atom stereocenters. The van der Waals surface area contributed by atoms with Crippen LogP contribution in [0.15, 0.2) is 65.4 Å². The summed E-state index contributed by atoms with van der Waals surface area (Å²) in [5, 5.41) is 0. The molecule has 1 aromatic carbocycles. The van der Waals surface area contributed by atoms with E-state index in [1.807, 2.05) is 38.1 Å². The zero-order valence-corrected chi connectivity index (χ0v) is 16.1. The molecule has 0 bridgehead atoms. The Labute approximate surface area is 160 Å². The molecule has 2 aromatic rings. The number of pyridine rings is 1. The van der Waals surface area contributed by atoms with Gasteiger partial charge < -0.3 is 16.4 Å². The number of aryl methyl sites for hydroxylation is 1. The Balaban J connectivity index is 2.47. The molecule has 4 N–H and O–H groups in total. The van der Waals surface area contributed by atoms with Gasteiger partial charge in [0.25, 0.3) is 5.91 Å². The van der Waals surface area contributed by atoms with Crippen molar-refractivity contribution in [2.75, 3.05) is 18.5 Å². The number of aliphatic imine (C=N–C) groups is 1. The van der Waals surface area contributed by atoms with Gasteiger partial charge in [0.15, 0.2) is 0 Å². The van der Waals surface area contributed by atoms with Crippen LogP contribution in [0, 0.1) is 6.92 Å². The summed E-state index contributed by atoms with van der Waals surface area (Å²) in [6.45, 7) is 4.21. The van der Waals surface area contributed by atoms with Crippen LogP contribution >= 0.6 is 0 Å². The third kappa shape index (κ3) is 4.80. The van der Waals surface area contributed by atoms with Crippen molar-refractivity contribution in [3.05, 3.63) is 71.7 Å². The van der Waals surface area contributed by atoms with E-state index in [9.17, 15) is 4.79 Å². The minimum absolute atomic E-state index is 0.204. The number of para-hydroxylation sites is 1. The lowest BCUT2D eigenvalue weighted by atomic mass is 10.0. The summed E-state index contributed by atoms with van der Waals surface area (Å²) in [6.07, 6.45) is 3.81. The van der Waals surface area contributed by atoms with Crippen molar-refractivity contribution in [1.82, 2.24) is 4.98 Å². The average molecular weight is 365 g/mol. The van der Waals surface area contributed by atoms with Crippen molar-refractivity contribution < 1.29 is 4.79 Å². The molecule has 1 aromatic heterocycles. The van der Waals surface area contributed by atoms with Crippen molar-refractivity contribution in [2.24, 2.45) is 16.5 Å². The second-order valence-corrected chi connectivity index (χ2v) is 6.21. The number of aromatic nitrogens is 1. The molecule has 0 saturated carbocycles. The summed E-state index contributed by atoms with van der Waals surface area (Å²) < 4.78 is 0. The quantitative estimate of drug-likeness (QED) is 0.737. The van der Waals surface area contributed by atoms with Gasteiger partial charge in [-0.2, -0.15) is 0 Å². The molecule has 1 heterocycles. The number of hydrogen-bond donors (Lipinski definition) is 2. The zero-order chi connectivity index (χ0) is 19.8. The number of anilines is 1. The molecule has 1 unspecified atom stereocenters. The van der Waals surface area contributed by atoms with Crippen LogP contribution in [0.1, 0.15) is 29.4 Å². The van der Waals surface area contributed by atoms with Gasteiger partial charge in [0.2, 0.25) is 0 Å². The number of carbonyl (C=O) groups is 1. The van der Waals surface area contributed by atoms with E-state index in [-0.39, 0.29) is 18.5 Å². The molecular weight excluding hydrogens is 338 g/mol. The summed E-state index contributed by atoms with van der Waals surface area (Å²) >= 11 is 0. The fraction of sp³-hybridized carbons (Fsp3) is 0.286. The van der Waals surface area contributed by atoms with Crippen molar-refractivity contribution in [3.63, 3.8) is 0 Å². The monoisotopic (exact) mass is 365 g/mol. The van der Waals surface area contributed by atoms with E-state index in [4.69, 9.17) is 11.5 Å². The van der Waals surface area contributed by atoms with Gasteiger partial charge in [0.1, 0.15) is 5.69 Å². The molecule has 0 spiro atoms. The predicted octanol–water partition coefficient (Wildman–Crippen LogP) is 2.69. The first-order valence-corrected chi connectivity index (χ1v) is 8.95. The first-order valence-electron chi connectivity index (χ1n) is 8.95. The van der Waals surface area contributed by atoms with E-state index < -0.39 is 0 Å². The number of rotatable bonds is 7. The lowest BCUT2D eigenvalue weighted by Gasteiger charge is -2.27. The summed E-state index contributed by atoms with van der Waals surface area (Å²) in [5.41, 5.74) is 15.7. The van der Waals surface area contributed by atoms with Crippen LogP contribution in [0.3, 0.4) is 0 Å². The smallest absolute Gasteiger partial charge is 0.277 e. The number of benzene rings is 1. The fourth-order valence-corrected chi connectivity index (χ4v) is 2.89. The summed E-state index contributed by atoms with van der Waals surface area (Å²) in [6, 6.07) is 12.7. The van der Waals surface area contributed by atoms with Gasteiger partial charge in [0.05, 0.1) is 12.3 Å². The molecule has 0 fully saturated rings. The van der Waals surface area contributed by atoms with Gasteiger partial charge >= 0.3 is 0 Å². The standard InChI is InChI=1S/C21H27N5O/c1-4-17(23)20(24-3)16(13-22)14-26(19-11-6-5-9-15(19)2)21(27)18-10-7-8-12-25-18/h5-13,17H,4,14,22-23H2,1-3H3. The molecular formula is C21H27N5O. The van der Waals surface area contributed by atoms with E-state index >= 15 is 0 Å². The number of carbonyl (C=O) groups excluding carboxylic acids is 1. The Morgan fingerprint density at radius 3 is 2.52 bits per heavy atom. The van der Waals surface area contributed by atoms with E-state index in [1.54, 1.807) is 36.3 Å². The zero-order valence-electron chi connectivity index (χ0n) is 16.1. The normalized spacial score (nSPS) is 13.3. The van der Waals surface area contributed by atoms with Gasteiger partial charge in [-0.05, 0) is 37.1 Å². The maximum Gasteiger partial charge on any atom is 0.277 e. The third-order valence-electron chi connectivity index (χ3n) is 4.43. The second kappa shape index (κ2) is 9.64. The topological polar surface area (TPSA) is 97.6 Å². The van der Waals surface area contributed by atoms with Crippen LogP contribution in [-0.4, -0.2) is 36.2 Å². The Kier molecular flexibility index (Phi) is 7.25. The number of hydrogen-bond acceptors (Lipinski definition) is 5. The van der Waals surface area contributed by atoms with Crippen molar-refractivity contribution in [3.8, 4) is 0 Å². The van der Waals surface area contributed by atoms with E-state index in [2.05, 4.69) is 9.98 Å². The van der Waals surface area contributed by atoms with Gasteiger partial charge in [-0.3, -0.25) is 14.8 Å². The van der Waals surface area contributed by atoms with Crippen LogP contribution < -0.4 is 16.4 Å². The van der Waals surface area contributed by atoms with Crippen LogP contribution in [0.25, 0.3) is 0 Å². The van der Waals surface area contributed by atoms with Gasteiger partial charge in [-0.1, -0.05) is 31.2 Å². The molecule has 6 heteroatoms. The van der Waals surface area contributed by atoms with Gasteiger partial charge in [-0.25, -0.2) is 0 Å². The highest BCUT2D eigenvalue weighted by Crippen LogP contribution is 2.23. The first-order chi connectivity index (χ1) is 13.0. The van der Waals surface area contributed by atoms with Crippen LogP contribution in [0.2, 0.25) is 0 Å². The molecule has 142 valence electrons. The SMILES string of the molecule is CCC(N)C(=NC)C(=CN)CN(C(=O)c1ccccn1)c1ccccc1C. The van der Waals surface area contributed by atoms with Crippen LogP contribution in [0.5, 0.6) is 0 Å². The fourth-order valence-electron chi connectivity index (χ4n) is 2.89. The lowest BCUT2D eigenvalue weighted by molar-refractivity contribution is 0.0984. The largest absolute Gasteiger partial charge is 0.404 e. The summed E-state index contributed by atoms with van der Waals surface area (Å²) in [7, 11) is 1.69. The van der Waals surface area contributed by atoms with Crippen molar-refractivity contribution in [1.29, 1.82) is 0 Å². The highest BCUT2D eigenvalue weighted by Gasteiger charge is 2.24. The number of amides is 1. The van der Waals surface area contributed by atoms with Crippen molar-refractivity contribution in [2.45, 2.75) is 26.3 Å². The third-order valence-corrected chi connectivity index (χ3v) is 4.43. The molecule has 6 nitrogen and oxygen atoms in total. The molecule has 0 aliphatic heterocycles. The summed E-state index contributed by atoms with van der Waals surface area (Å²) in [4.78, 5) is 23.4. The summed E-state index contributed by atoms with van der Waals surface area (Å²) in [5.74, 6) is -0.204. The van der Waals surface area contributed by atoms with Crippen molar-refractivity contribution >= 4 is 17.3 Å². The molecule has 0 radical (unpaired) electrons. The maximum absolute atomic E-state index is 13.2. The molecule has 2 rings (SSSR count). The van der Waals surface area contributed by atoms with E-state index in [1.165, 1.54) is 6.20 Å². The maximum atomic E-state index is 13.2. The lowest BCUT2D eigenvalue weighted by Crippen LogP contribution is -2.39. The minimum Gasteiger partial charge on any atom is -0.404 e. The Morgan fingerprint density at radius 1 is 1.26 bits per heavy atom. The average Bonchev–Trinajstić information content (AvgIpc) is 2.71. The molecule has 1 amide bonds. The Morgan fingerprint density at radius 2 is 1.96 bits per heavy atom. The predicted molar refractivity (Wildman–Crippen MR) is 111 cm³/mol.